The van der Waals surface area contributed by atoms with E-state index in [4.69, 9.17) is 4.74 Å². The molecule has 3 aromatic rings. The third-order valence-corrected chi connectivity index (χ3v) is 11.4. The van der Waals surface area contributed by atoms with Gasteiger partial charge in [0, 0.05) is 29.8 Å². The Morgan fingerprint density at radius 2 is 1.74 bits per heavy atom. The summed E-state index contributed by atoms with van der Waals surface area (Å²) in [5.74, 6) is -2.50. The maximum Gasteiger partial charge on any atom is 0.416 e. The van der Waals surface area contributed by atoms with Crippen LogP contribution in [0.5, 0.6) is 5.75 Å². The van der Waals surface area contributed by atoms with Crippen molar-refractivity contribution < 1.29 is 54.8 Å². The first-order valence-electron chi connectivity index (χ1n) is 16.2. The molecule has 0 spiro atoms. The Balaban J connectivity index is 1.43. The summed E-state index contributed by atoms with van der Waals surface area (Å²) in [7, 11) is -0.877. The second kappa shape index (κ2) is 13.1. The summed E-state index contributed by atoms with van der Waals surface area (Å²) < 4.78 is 113. The van der Waals surface area contributed by atoms with E-state index < -0.39 is 56.9 Å². The number of carboxylic acid groups (broad SMARTS) is 1. The molecular weight excluding hydrogens is 730 g/mol. The molecule has 1 unspecified atom stereocenters. The fraction of sp³-hybridized carbons (Fsp3) is 0.361. The molecule has 0 saturated heterocycles. The van der Waals surface area contributed by atoms with Crippen LogP contribution in [0.1, 0.15) is 40.9 Å². The standard InChI is InChI=1S/C36H34F6N4O6S/c1-19-12-21(31(47)48)6-8-24(19)20-7-9-30(52-3)25(13-20)26-17-43-32(46(2)53(4,50)51)45-29(26)18-44-33(10-5-11-33)34(49)27-15-22(35(37,38)39)14-23(16-28(27)34)36(40,41)42/h6-9,12-17,27,44,49H,5,10-11,18H2,1-4H3,(H-,47,48,50,51)/t27-,34-/m1/s1. The summed E-state index contributed by atoms with van der Waals surface area (Å²) in [4.78, 5) is 20.3. The normalized spacial score (nSPS) is 21.9. The predicted molar refractivity (Wildman–Crippen MR) is 182 cm³/mol. The van der Waals surface area contributed by atoms with Gasteiger partial charge < -0.3 is 25.1 Å². The van der Waals surface area contributed by atoms with Crippen molar-refractivity contribution in [1.82, 2.24) is 15.3 Å². The topological polar surface area (TPSA) is 148 Å². The van der Waals surface area contributed by atoms with E-state index in [0.717, 1.165) is 10.6 Å². The minimum atomic E-state index is -5.11. The van der Waals surface area contributed by atoms with Gasteiger partial charge in [-0.15, -0.1) is 4.31 Å². The first kappa shape index (κ1) is 38.2. The van der Waals surface area contributed by atoms with Crippen LogP contribution in [0.3, 0.4) is 0 Å². The zero-order chi connectivity index (χ0) is 38.9. The summed E-state index contributed by atoms with van der Waals surface area (Å²) in [5, 5.41) is 26.6. The highest BCUT2D eigenvalue weighted by atomic mass is 32.3. The number of carboxylic acids is 1. The summed E-state index contributed by atoms with van der Waals surface area (Å²) in [6, 6.07) is 9.64. The van der Waals surface area contributed by atoms with Crippen molar-refractivity contribution in [3.05, 3.63) is 94.4 Å². The van der Waals surface area contributed by atoms with Gasteiger partial charge in [0.15, 0.2) is 6.26 Å². The van der Waals surface area contributed by atoms with E-state index in [1.807, 2.05) is 0 Å². The van der Waals surface area contributed by atoms with Crippen LogP contribution in [0.25, 0.3) is 22.3 Å². The summed E-state index contributed by atoms with van der Waals surface area (Å²) in [6.45, 7) is 1.52. The third-order valence-electron chi connectivity index (χ3n) is 10.2. The highest BCUT2D eigenvalue weighted by Crippen LogP contribution is 2.64. The molecule has 3 N–H and O–H groups in total. The molecule has 0 amide bonds. The molecule has 0 radical (unpaired) electrons. The molecule has 2 aromatic carbocycles. The molecule has 53 heavy (non-hydrogen) atoms. The molecule has 0 aliphatic heterocycles. The first-order valence-corrected chi connectivity index (χ1v) is 18.1. The quantitative estimate of drug-likeness (QED) is 0.174. The lowest BCUT2D eigenvalue weighted by Gasteiger charge is -2.47. The number of rotatable bonds is 10. The van der Waals surface area contributed by atoms with Crippen LogP contribution in [-0.4, -0.2) is 69.5 Å². The van der Waals surface area contributed by atoms with Crippen molar-refractivity contribution in [2.24, 2.45) is 5.92 Å². The fourth-order valence-electron chi connectivity index (χ4n) is 7.04. The van der Waals surface area contributed by atoms with E-state index in [1.54, 1.807) is 31.2 Å². The molecule has 6 rings (SSSR count). The number of allylic oxidation sites excluding steroid dienone is 4. The van der Waals surface area contributed by atoms with Crippen molar-refractivity contribution in [2.45, 2.75) is 56.2 Å². The molecule has 0 bridgehead atoms. The zero-order valence-corrected chi connectivity index (χ0v) is 29.5. The lowest BCUT2D eigenvalue weighted by atomic mass is 9.69. The average molecular weight is 765 g/mol. The second-order valence-corrected chi connectivity index (χ2v) is 15.4. The van der Waals surface area contributed by atoms with Gasteiger partial charge in [-0.3, -0.25) is 0 Å². The predicted octanol–water partition coefficient (Wildman–Crippen LogP) is 5.74. The van der Waals surface area contributed by atoms with Gasteiger partial charge in [0.25, 0.3) is 5.95 Å². The molecule has 2 fully saturated rings. The number of alkyl halides is 6. The number of methoxy groups -OCH3 is 1. The van der Waals surface area contributed by atoms with E-state index in [-0.39, 0.29) is 48.2 Å². The highest BCUT2D eigenvalue weighted by Gasteiger charge is 2.71. The number of anilines is 1. The second-order valence-electron chi connectivity index (χ2n) is 13.4. The number of benzene rings is 2. The number of fused-ring (bicyclic) bond motifs is 1. The zero-order valence-electron chi connectivity index (χ0n) is 28.7. The number of ether oxygens (including phenoxy) is 1. The number of hydrogen-bond donors (Lipinski definition) is 3. The Kier molecular flexibility index (Phi) is 9.41. The molecule has 3 aliphatic carbocycles. The minimum Gasteiger partial charge on any atom is -0.545 e. The molecule has 282 valence electrons. The van der Waals surface area contributed by atoms with Gasteiger partial charge in [-0.25, -0.2) is 9.97 Å². The van der Waals surface area contributed by atoms with Gasteiger partial charge in [-0.2, -0.15) is 30.9 Å². The molecule has 1 aromatic heterocycles. The number of aliphatic hydroxyl groups is 1. The van der Waals surface area contributed by atoms with Gasteiger partial charge in [0.05, 0.1) is 42.5 Å². The van der Waals surface area contributed by atoms with Crippen LogP contribution in [-0.2, 0) is 21.2 Å². The average Bonchev–Trinajstić information content (AvgIpc) is 3.69. The van der Waals surface area contributed by atoms with Crippen LogP contribution in [0.2, 0.25) is 0 Å². The SMILES string of the molecule is COc1ccc(-c2ccc(C(=O)[O-])cc2C)cc1-c1cnc(N(C)[S+](C)(=O)O)nc1CNC1([C@]2(O)C3=CC(C(F)(F)F)=CC(C(F)(F)F)=C[C@H]32)CCC1. The number of aromatic nitrogens is 2. The number of aryl methyl sites for hydroxylation is 1. The van der Waals surface area contributed by atoms with Crippen LogP contribution >= 0.6 is 0 Å². The summed E-state index contributed by atoms with van der Waals surface area (Å²) >= 11 is 0. The Morgan fingerprint density at radius 1 is 1.06 bits per heavy atom. The van der Waals surface area contributed by atoms with Gasteiger partial charge in [-0.05, 0) is 88.6 Å². The fourth-order valence-corrected chi connectivity index (χ4v) is 7.43. The van der Waals surface area contributed by atoms with Gasteiger partial charge in [-0.1, -0.05) is 24.3 Å². The van der Waals surface area contributed by atoms with Gasteiger partial charge in [0.2, 0.25) is 0 Å². The van der Waals surface area contributed by atoms with Crippen molar-refractivity contribution in [3.63, 3.8) is 0 Å². The molecular formula is C36H34F6N4O6S. The Bertz CT molecular complexity index is 2140. The van der Waals surface area contributed by atoms with Crippen molar-refractivity contribution >= 4 is 22.3 Å². The van der Waals surface area contributed by atoms with Crippen LogP contribution < -0.4 is 19.5 Å². The number of carbonyl (C=O) groups excluding carboxylic acids is 1. The largest absolute Gasteiger partial charge is 0.545 e. The maximum atomic E-state index is 13.9. The first-order chi connectivity index (χ1) is 24.6. The summed E-state index contributed by atoms with van der Waals surface area (Å²) in [5.41, 5.74) is -3.74. The van der Waals surface area contributed by atoms with Crippen LogP contribution in [0.4, 0.5) is 32.3 Å². The summed E-state index contributed by atoms with van der Waals surface area (Å²) in [6.07, 6.45) is -5.57. The van der Waals surface area contributed by atoms with Gasteiger partial charge in [0.1, 0.15) is 11.4 Å². The molecule has 10 nitrogen and oxygen atoms in total. The Labute approximate surface area is 301 Å². The van der Waals surface area contributed by atoms with E-state index in [0.29, 0.717) is 52.1 Å². The van der Waals surface area contributed by atoms with E-state index in [1.165, 1.54) is 32.5 Å². The van der Waals surface area contributed by atoms with Crippen molar-refractivity contribution in [3.8, 4) is 28.0 Å². The molecule has 17 heteroatoms. The van der Waals surface area contributed by atoms with Crippen molar-refractivity contribution in [2.75, 3.05) is 24.7 Å². The molecule has 1 heterocycles. The lowest BCUT2D eigenvalue weighted by Crippen LogP contribution is -2.61. The number of nitrogens with zero attached hydrogens (tertiary/aromatic N) is 3. The monoisotopic (exact) mass is 764 g/mol. The van der Waals surface area contributed by atoms with Crippen LogP contribution in [0, 0.1) is 12.8 Å². The molecule has 2 saturated carbocycles. The van der Waals surface area contributed by atoms with E-state index >= 15 is 0 Å². The Morgan fingerprint density at radius 3 is 2.28 bits per heavy atom. The number of carbonyl (C=O) groups is 1. The van der Waals surface area contributed by atoms with E-state index in [9.17, 15) is 50.1 Å². The maximum absolute atomic E-state index is 13.9. The minimum absolute atomic E-state index is 0.0120. The Hall–Kier alpha value is -4.58. The van der Waals surface area contributed by atoms with Gasteiger partial charge >= 0.3 is 22.8 Å². The van der Waals surface area contributed by atoms with E-state index in [2.05, 4.69) is 15.3 Å². The third kappa shape index (κ3) is 6.86. The van der Waals surface area contributed by atoms with Crippen LogP contribution in [0.15, 0.2) is 77.5 Å². The number of hydrogen-bond acceptors (Lipinski definition) is 8. The molecule has 3 atom stereocenters. The smallest absolute Gasteiger partial charge is 0.416 e. The number of nitrogens with one attached hydrogen (secondary N) is 1. The number of halogens is 6. The molecule has 3 aliphatic rings. The van der Waals surface area contributed by atoms with Crippen molar-refractivity contribution in [1.29, 1.82) is 0 Å². The highest BCUT2D eigenvalue weighted by molar-refractivity contribution is 7.98. The number of aromatic carboxylic acids is 1. The lowest BCUT2D eigenvalue weighted by molar-refractivity contribution is -0.255.